The largest absolute Gasteiger partial charge is 0.349 e. The summed E-state index contributed by atoms with van der Waals surface area (Å²) >= 11 is 3.45. The van der Waals surface area contributed by atoms with Crippen LogP contribution in [0.2, 0.25) is 0 Å². The molecule has 22 heavy (non-hydrogen) atoms. The number of hydrogen-bond donors (Lipinski definition) is 2. The van der Waals surface area contributed by atoms with Gasteiger partial charge in [-0.2, -0.15) is 4.98 Å². The highest BCUT2D eigenvalue weighted by molar-refractivity contribution is 9.10. The molecule has 0 saturated carbocycles. The van der Waals surface area contributed by atoms with E-state index in [1.165, 1.54) is 0 Å². The molecule has 0 spiro atoms. The summed E-state index contributed by atoms with van der Waals surface area (Å²) in [5.74, 6) is 1.29. The van der Waals surface area contributed by atoms with Crippen LogP contribution in [-0.4, -0.2) is 15.0 Å². The van der Waals surface area contributed by atoms with Crippen molar-refractivity contribution in [3.8, 4) is 0 Å². The number of nitrogens with one attached hydrogen (secondary N) is 2. The fourth-order valence-corrected chi connectivity index (χ4v) is 2.30. The normalized spacial score (nSPS) is 10.2. The third-order valence-electron chi connectivity index (χ3n) is 2.91. The Bertz CT molecular complexity index is 748. The third-order valence-corrected chi connectivity index (χ3v) is 3.40. The second kappa shape index (κ2) is 7.00. The fraction of sp³-hybridized carbons (Fsp3) is 0.0625. The Morgan fingerprint density at radius 2 is 1.91 bits per heavy atom. The van der Waals surface area contributed by atoms with Crippen molar-refractivity contribution in [1.29, 1.82) is 0 Å². The van der Waals surface area contributed by atoms with Crippen molar-refractivity contribution >= 4 is 33.4 Å². The molecule has 1 aromatic carbocycles. The lowest BCUT2D eigenvalue weighted by atomic mass is 10.3. The number of aromatic nitrogens is 3. The Labute approximate surface area is 137 Å². The maximum atomic E-state index is 4.44. The summed E-state index contributed by atoms with van der Waals surface area (Å²) in [6, 6.07) is 15.5. The van der Waals surface area contributed by atoms with Gasteiger partial charge < -0.3 is 10.6 Å². The molecule has 0 unspecified atom stereocenters. The van der Waals surface area contributed by atoms with Crippen molar-refractivity contribution in [3.05, 3.63) is 71.1 Å². The Kier molecular flexibility index (Phi) is 4.60. The molecule has 2 aromatic heterocycles. The summed E-state index contributed by atoms with van der Waals surface area (Å²) in [5.41, 5.74) is 1.90. The molecule has 3 aromatic rings. The highest BCUT2D eigenvalue weighted by Gasteiger charge is 2.01. The molecule has 5 nitrogen and oxygen atoms in total. The van der Waals surface area contributed by atoms with Crippen LogP contribution in [0.3, 0.4) is 0 Å². The van der Waals surface area contributed by atoms with Crippen LogP contribution in [0.4, 0.5) is 17.5 Å². The van der Waals surface area contributed by atoms with Gasteiger partial charge in [-0.3, -0.25) is 4.98 Å². The van der Waals surface area contributed by atoms with Crippen LogP contribution in [0.25, 0.3) is 0 Å². The molecule has 0 aliphatic carbocycles. The van der Waals surface area contributed by atoms with E-state index < -0.39 is 0 Å². The standard InChI is InChI=1S/C16H14BrN5/c17-12-4-3-6-13(10-12)21-15-7-9-19-16(22-15)20-11-14-5-1-2-8-18-14/h1-10H,11H2,(H2,19,20,21,22). The van der Waals surface area contributed by atoms with Crippen LogP contribution in [0.5, 0.6) is 0 Å². The first-order chi connectivity index (χ1) is 10.8. The van der Waals surface area contributed by atoms with Crippen molar-refractivity contribution in [2.75, 3.05) is 10.6 Å². The lowest BCUT2D eigenvalue weighted by molar-refractivity contribution is 1.00. The minimum Gasteiger partial charge on any atom is -0.349 e. The highest BCUT2D eigenvalue weighted by Crippen LogP contribution is 2.19. The average Bonchev–Trinajstić information content (AvgIpc) is 2.54. The third kappa shape index (κ3) is 4.02. The molecule has 0 atom stereocenters. The summed E-state index contributed by atoms with van der Waals surface area (Å²) in [7, 11) is 0. The molecule has 0 aliphatic heterocycles. The summed E-state index contributed by atoms with van der Waals surface area (Å²) < 4.78 is 1.01. The molecule has 3 rings (SSSR count). The van der Waals surface area contributed by atoms with Crippen LogP contribution in [-0.2, 0) is 6.54 Å². The lowest BCUT2D eigenvalue weighted by Crippen LogP contribution is -2.05. The number of hydrogen-bond acceptors (Lipinski definition) is 5. The first-order valence-electron chi connectivity index (χ1n) is 6.79. The molecule has 0 bridgehead atoms. The molecule has 0 amide bonds. The number of halogens is 1. The van der Waals surface area contributed by atoms with Gasteiger partial charge in [-0.15, -0.1) is 0 Å². The molecular formula is C16H14BrN5. The topological polar surface area (TPSA) is 62.7 Å². The Hall–Kier alpha value is -2.47. The Morgan fingerprint density at radius 1 is 0.955 bits per heavy atom. The van der Waals surface area contributed by atoms with Gasteiger partial charge in [0.05, 0.1) is 12.2 Å². The van der Waals surface area contributed by atoms with Crippen LogP contribution < -0.4 is 10.6 Å². The van der Waals surface area contributed by atoms with Crippen LogP contribution >= 0.6 is 15.9 Å². The van der Waals surface area contributed by atoms with Gasteiger partial charge in [-0.05, 0) is 36.4 Å². The van der Waals surface area contributed by atoms with Gasteiger partial charge in [0.15, 0.2) is 0 Å². The molecule has 2 N–H and O–H groups in total. The molecular weight excluding hydrogens is 342 g/mol. The van der Waals surface area contributed by atoms with Gasteiger partial charge in [-0.25, -0.2) is 4.98 Å². The van der Waals surface area contributed by atoms with Gasteiger partial charge >= 0.3 is 0 Å². The van der Waals surface area contributed by atoms with Crippen LogP contribution in [0.1, 0.15) is 5.69 Å². The lowest BCUT2D eigenvalue weighted by Gasteiger charge is -2.08. The number of pyridine rings is 1. The van der Waals surface area contributed by atoms with E-state index in [2.05, 4.69) is 41.5 Å². The minimum absolute atomic E-state index is 0.561. The maximum absolute atomic E-state index is 4.44. The van der Waals surface area contributed by atoms with Crippen molar-refractivity contribution in [2.24, 2.45) is 0 Å². The predicted molar refractivity (Wildman–Crippen MR) is 91.0 cm³/mol. The first-order valence-corrected chi connectivity index (χ1v) is 7.58. The molecule has 110 valence electrons. The van der Waals surface area contributed by atoms with E-state index in [4.69, 9.17) is 0 Å². The number of rotatable bonds is 5. The number of nitrogens with zero attached hydrogens (tertiary/aromatic N) is 3. The van der Waals surface area contributed by atoms with Gasteiger partial charge in [0.2, 0.25) is 5.95 Å². The zero-order chi connectivity index (χ0) is 15.2. The molecule has 6 heteroatoms. The smallest absolute Gasteiger partial charge is 0.224 e. The second-order valence-corrected chi connectivity index (χ2v) is 5.49. The SMILES string of the molecule is Brc1cccc(Nc2ccnc(NCc3ccccn3)n2)c1. The van der Waals surface area contributed by atoms with Crippen molar-refractivity contribution < 1.29 is 0 Å². The van der Waals surface area contributed by atoms with E-state index >= 15 is 0 Å². The quantitative estimate of drug-likeness (QED) is 0.724. The average molecular weight is 356 g/mol. The molecule has 0 radical (unpaired) electrons. The first kappa shape index (κ1) is 14.5. The Balaban J connectivity index is 1.67. The van der Waals surface area contributed by atoms with E-state index in [0.29, 0.717) is 12.5 Å². The maximum Gasteiger partial charge on any atom is 0.224 e. The molecule has 0 aliphatic rings. The number of anilines is 3. The molecule has 0 saturated heterocycles. The summed E-state index contributed by atoms with van der Waals surface area (Å²) in [5, 5.41) is 6.41. The van der Waals surface area contributed by atoms with E-state index in [-0.39, 0.29) is 0 Å². The van der Waals surface area contributed by atoms with Crippen LogP contribution in [0.15, 0.2) is 65.4 Å². The van der Waals surface area contributed by atoms with Crippen molar-refractivity contribution in [2.45, 2.75) is 6.54 Å². The zero-order valence-corrected chi connectivity index (χ0v) is 13.3. The van der Waals surface area contributed by atoms with Gasteiger partial charge in [0, 0.05) is 22.6 Å². The second-order valence-electron chi connectivity index (χ2n) is 4.58. The monoisotopic (exact) mass is 355 g/mol. The van der Waals surface area contributed by atoms with E-state index in [0.717, 1.165) is 21.7 Å². The summed E-state index contributed by atoms with van der Waals surface area (Å²) in [6.45, 7) is 0.585. The summed E-state index contributed by atoms with van der Waals surface area (Å²) in [6.07, 6.45) is 3.48. The van der Waals surface area contributed by atoms with E-state index in [1.807, 2.05) is 48.5 Å². The van der Waals surface area contributed by atoms with Crippen molar-refractivity contribution in [1.82, 2.24) is 15.0 Å². The molecule has 0 fully saturated rings. The predicted octanol–water partition coefficient (Wildman–Crippen LogP) is 3.99. The minimum atomic E-state index is 0.561. The van der Waals surface area contributed by atoms with Crippen LogP contribution in [0, 0.1) is 0 Å². The van der Waals surface area contributed by atoms with Crippen molar-refractivity contribution in [3.63, 3.8) is 0 Å². The van der Waals surface area contributed by atoms with Gasteiger partial charge in [-0.1, -0.05) is 28.1 Å². The van der Waals surface area contributed by atoms with E-state index in [1.54, 1.807) is 12.4 Å². The van der Waals surface area contributed by atoms with Gasteiger partial charge in [0.1, 0.15) is 5.82 Å². The van der Waals surface area contributed by atoms with E-state index in [9.17, 15) is 0 Å². The fourth-order valence-electron chi connectivity index (χ4n) is 1.90. The zero-order valence-electron chi connectivity index (χ0n) is 11.7. The molecule has 2 heterocycles. The number of benzene rings is 1. The van der Waals surface area contributed by atoms with Gasteiger partial charge in [0.25, 0.3) is 0 Å². The summed E-state index contributed by atoms with van der Waals surface area (Å²) in [4.78, 5) is 12.9. The highest BCUT2D eigenvalue weighted by atomic mass is 79.9. The Morgan fingerprint density at radius 3 is 2.73 bits per heavy atom.